The highest BCUT2D eigenvalue weighted by molar-refractivity contribution is 6.17. The zero-order chi connectivity index (χ0) is 22.7. The first-order chi connectivity index (χ1) is 16.1. The van der Waals surface area contributed by atoms with Crippen LogP contribution in [0, 0.1) is 0 Å². The van der Waals surface area contributed by atoms with Crippen molar-refractivity contribution in [2.24, 2.45) is 0 Å². The highest BCUT2D eigenvalue weighted by Crippen LogP contribution is 2.52. The van der Waals surface area contributed by atoms with E-state index in [1.54, 1.807) is 35.2 Å². The van der Waals surface area contributed by atoms with E-state index in [0.717, 1.165) is 12.8 Å². The molecular weight excluding hydrogens is 420 g/mol. The molecule has 1 fully saturated rings. The second-order valence-electron chi connectivity index (χ2n) is 8.61. The van der Waals surface area contributed by atoms with Crippen LogP contribution in [0.1, 0.15) is 34.5 Å². The predicted octanol–water partition coefficient (Wildman–Crippen LogP) is 3.20. The lowest BCUT2D eigenvalue weighted by atomic mass is 9.83. The van der Waals surface area contributed by atoms with Gasteiger partial charge in [-0.25, -0.2) is 0 Å². The van der Waals surface area contributed by atoms with Gasteiger partial charge in [0, 0.05) is 25.3 Å². The van der Waals surface area contributed by atoms with Crippen LogP contribution in [0.3, 0.4) is 0 Å². The lowest BCUT2D eigenvalue weighted by Gasteiger charge is -2.35. The van der Waals surface area contributed by atoms with E-state index < -0.39 is 11.4 Å². The summed E-state index contributed by atoms with van der Waals surface area (Å²) in [5.74, 6) is -0.886. The van der Waals surface area contributed by atoms with Crippen LogP contribution in [-0.4, -0.2) is 42.5 Å². The molecule has 2 amide bonds. The molecule has 33 heavy (non-hydrogen) atoms. The Morgan fingerprint density at radius 3 is 2.67 bits per heavy atom. The Kier molecular flexibility index (Phi) is 4.32. The van der Waals surface area contributed by atoms with Gasteiger partial charge in [0.15, 0.2) is 11.0 Å². The average Bonchev–Trinajstić information content (AvgIpc) is 3.49. The first-order valence-corrected chi connectivity index (χ1v) is 11.1. The Morgan fingerprint density at radius 2 is 1.88 bits per heavy atom. The van der Waals surface area contributed by atoms with E-state index in [4.69, 9.17) is 9.15 Å². The molecule has 0 bridgehead atoms. The van der Waals surface area contributed by atoms with E-state index in [1.807, 2.05) is 24.3 Å². The molecular formula is C26H22N2O5. The van der Waals surface area contributed by atoms with Gasteiger partial charge >= 0.3 is 0 Å². The van der Waals surface area contributed by atoms with Crippen LogP contribution in [0.2, 0.25) is 0 Å². The van der Waals surface area contributed by atoms with Crippen LogP contribution < -0.4 is 10.3 Å². The van der Waals surface area contributed by atoms with Gasteiger partial charge in [-0.2, -0.15) is 0 Å². The van der Waals surface area contributed by atoms with Gasteiger partial charge in [-0.1, -0.05) is 36.4 Å². The molecule has 0 aliphatic carbocycles. The molecule has 7 heteroatoms. The third-order valence-corrected chi connectivity index (χ3v) is 6.87. The second-order valence-corrected chi connectivity index (χ2v) is 8.61. The van der Waals surface area contributed by atoms with Crippen LogP contribution in [-0.2, 0) is 15.1 Å². The molecule has 6 rings (SSSR count). The highest BCUT2D eigenvalue weighted by Gasteiger charge is 2.65. The van der Waals surface area contributed by atoms with Crippen molar-refractivity contribution in [2.45, 2.75) is 24.5 Å². The highest BCUT2D eigenvalue weighted by atomic mass is 16.5. The third kappa shape index (κ3) is 2.51. The molecule has 0 N–H and O–H groups in total. The number of para-hydroxylation sites is 2. The van der Waals surface area contributed by atoms with Gasteiger partial charge in [-0.3, -0.25) is 14.4 Å². The van der Waals surface area contributed by atoms with Crippen molar-refractivity contribution < 1.29 is 18.7 Å². The van der Waals surface area contributed by atoms with E-state index in [9.17, 15) is 14.4 Å². The second kappa shape index (κ2) is 7.15. The molecule has 2 aromatic carbocycles. The Labute approximate surface area is 189 Å². The Bertz CT molecular complexity index is 1390. The molecule has 3 aliphatic rings. The summed E-state index contributed by atoms with van der Waals surface area (Å²) in [7, 11) is 0. The number of benzene rings is 2. The molecule has 4 heterocycles. The quantitative estimate of drug-likeness (QED) is 0.580. The van der Waals surface area contributed by atoms with Crippen molar-refractivity contribution in [3.63, 3.8) is 0 Å². The van der Waals surface area contributed by atoms with Crippen molar-refractivity contribution in [1.29, 1.82) is 0 Å². The van der Waals surface area contributed by atoms with Crippen molar-refractivity contribution in [2.75, 3.05) is 24.6 Å². The zero-order valence-electron chi connectivity index (χ0n) is 18.0. The average molecular weight is 442 g/mol. The van der Waals surface area contributed by atoms with Crippen molar-refractivity contribution in [3.05, 3.63) is 88.3 Å². The van der Waals surface area contributed by atoms with E-state index in [2.05, 4.69) is 6.58 Å². The van der Waals surface area contributed by atoms with Crippen LogP contribution >= 0.6 is 0 Å². The number of nitrogens with zero attached hydrogens (tertiary/aromatic N) is 2. The summed E-state index contributed by atoms with van der Waals surface area (Å²) in [6.45, 7) is 4.86. The summed E-state index contributed by atoms with van der Waals surface area (Å²) in [5, 5.41) is 0.342. The number of rotatable bonds is 4. The SMILES string of the molecule is C=CCN1C(=O)[C@@]2(c3ccccc31)c1c(oc3ccccc3c1=O)C(=O)N2C[C@H]1CCCO1. The third-order valence-electron chi connectivity index (χ3n) is 6.87. The summed E-state index contributed by atoms with van der Waals surface area (Å²) in [5.41, 5.74) is -0.280. The molecule has 1 spiro atoms. The van der Waals surface area contributed by atoms with Crippen LogP contribution in [0.25, 0.3) is 11.0 Å². The number of ether oxygens (including phenoxy) is 1. The van der Waals surface area contributed by atoms with Gasteiger partial charge in [-0.15, -0.1) is 6.58 Å². The molecule has 7 nitrogen and oxygen atoms in total. The summed E-state index contributed by atoms with van der Waals surface area (Å²) >= 11 is 0. The summed E-state index contributed by atoms with van der Waals surface area (Å²) < 4.78 is 11.8. The maximum atomic E-state index is 14.2. The maximum Gasteiger partial charge on any atom is 0.291 e. The maximum absolute atomic E-state index is 14.2. The standard InChI is InChI=1S/C26H22N2O5/c1-2-13-27-19-11-5-4-10-18(19)26(25(27)31)21-22(29)17-9-3-6-12-20(17)33-23(21)24(30)28(26)15-16-8-7-14-32-16/h2-6,9-12,16H,1,7-8,13-15H2/t16-,26-/m1/s1. The summed E-state index contributed by atoms with van der Waals surface area (Å²) in [4.78, 5) is 45.0. The van der Waals surface area contributed by atoms with Gasteiger partial charge < -0.3 is 19.0 Å². The first kappa shape index (κ1) is 19.9. The molecule has 0 radical (unpaired) electrons. The Hall–Kier alpha value is -3.71. The number of hydrogen-bond donors (Lipinski definition) is 0. The van der Waals surface area contributed by atoms with Crippen LogP contribution in [0.15, 0.2) is 70.4 Å². The molecule has 2 atom stereocenters. The Morgan fingerprint density at radius 1 is 1.09 bits per heavy atom. The van der Waals surface area contributed by atoms with Crippen molar-refractivity contribution in [1.82, 2.24) is 4.90 Å². The molecule has 1 aromatic heterocycles. The van der Waals surface area contributed by atoms with Crippen LogP contribution in [0.5, 0.6) is 0 Å². The number of fused-ring (bicyclic) bond motifs is 5. The molecule has 3 aromatic rings. The van der Waals surface area contributed by atoms with Gasteiger partial charge in [0.1, 0.15) is 5.58 Å². The molecule has 0 unspecified atom stereocenters. The zero-order valence-corrected chi connectivity index (χ0v) is 18.0. The number of hydrogen-bond acceptors (Lipinski definition) is 5. The van der Waals surface area contributed by atoms with Crippen molar-refractivity contribution >= 4 is 28.5 Å². The minimum Gasteiger partial charge on any atom is -0.450 e. The Balaban J connectivity index is 1.69. The van der Waals surface area contributed by atoms with E-state index in [-0.39, 0.29) is 41.9 Å². The number of amides is 2. The van der Waals surface area contributed by atoms with E-state index in [1.165, 1.54) is 4.90 Å². The van der Waals surface area contributed by atoms with Crippen LogP contribution in [0.4, 0.5) is 5.69 Å². The van der Waals surface area contributed by atoms with Gasteiger partial charge in [0.25, 0.3) is 11.8 Å². The fourth-order valence-electron chi connectivity index (χ4n) is 5.49. The van der Waals surface area contributed by atoms with E-state index in [0.29, 0.717) is 28.8 Å². The lowest BCUT2D eigenvalue weighted by Crippen LogP contribution is -2.55. The van der Waals surface area contributed by atoms with Gasteiger partial charge in [0.05, 0.1) is 22.7 Å². The first-order valence-electron chi connectivity index (χ1n) is 11.1. The summed E-state index contributed by atoms with van der Waals surface area (Å²) in [6.07, 6.45) is 3.10. The number of anilines is 1. The topological polar surface area (TPSA) is 80.1 Å². The monoisotopic (exact) mass is 442 g/mol. The van der Waals surface area contributed by atoms with E-state index >= 15 is 0 Å². The molecule has 0 saturated carbocycles. The van der Waals surface area contributed by atoms with Gasteiger partial charge in [-0.05, 0) is 31.0 Å². The molecule has 166 valence electrons. The predicted molar refractivity (Wildman–Crippen MR) is 122 cm³/mol. The lowest BCUT2D eigenvalue weighted by molar-refractivity contribution is -0.126. The molecule has 1 saturated heterocycles. The minimum atomic E-state index is -1.59. The number of carbonyl (C=O) groups is 2. The molecule has 3 aliphatic heterocycles. The normalized spacial score (nSPS) is 23.6. The summed E-state index contributed by atoms with van der Waals surface area (Å²) in [6, 6.07) is 14.1. The van der Waals surface area contributed by atoms with Gasteiger partial charge in [0.2, 0.25) is 5.76 Å². The smallest absolute Gasteiger partial charge is 0.291 e. The fourth-order valence-corrected chi connectivity index (χ4v) is 5.49. The largest absolute Gasteiger partial charge is 0.450 e. The van der Waals surface area contributed by atoms with Crippen molar-refractivity contribution in [3.8, 4) is 0 Å². The minimum absolute atomic E-state index is 0.0692. The number of carbonyl (C=O) groups excluding carboxylic acids is 2. The fraction of sp³-hybridized carbons (Fsp3) is 0.269.